The van der Waals surface area contributed by atoms with Gasteiger partial charge in [0.15, 0.2) is 11.9 Å². The number of ether oxygens (including phenoxy) is 3. The van der Waals surface area contributed by atoms with Gasteiger partial charge < -0.3 is 19.3 Å². The van der Waals surface area contributed by atoms with Gasteiger partial charge in [-0.05, 0) is 29.5 Å². The lowest BCUT2D eigenvalue weighted by Crippen LogP contribution is -2.35. The molecule has 21 heavy (non-hydrogen) atoms. The summed E-state index contributed by atoms with van der Waals surface area (Å²) in [6.07, 6.45) is 1.09. The molecule has 4 rings (SSSR count). The fourth-order valence-electron chi connectivity index (χ4n) is 2.85. The average Bonchev–Trinajstić information content (AvgIpc) is 3.11. The number of hydrogen-bond donors (Lipinski definition) is 1. The van der Waals surface area contributed by atoms with Crippen LogP contribution in [0.5, 0.6) is 0 Å². The Bertz CT molecular complexity index is 678. The van der Waals surface area contributed by atoms with Crippen molar-refractivity contribution in [3.8, 4) is 0 Å². The van der Waals surface area contributed by atoms with Crippen LogP contribution in [0.25, 0.3) is 11.2 Å². The number of aromatic nitrogens is 4. The highest BCUT2D eigenvalue weighted by Crippen LogP contribution is 2.39. The van der Waals surface area contributed by atoms with Gasteiger partial charge in [-0.3, -0.25) is 4.57 Å². The van der Waals surface area contributed by atoms with Crippen LogP contribution in [0.1, 0.15) is 13.2 Å². The van der Waals surface area contributed by atoms with E-state index < -0.39 is 18.4 Å². The number of nitrogens with zero attached hydrogens (tertiary/aromatic N) is 4. The molecule has 4 heterocycles. The fourth-order valence-corrected chi connectivity index (χ4v) is 3.36. The lowest BCUT2D eigenvalue weighted by Gasteiger charge is -2.19. The van der Waals surface area contributed by atoms with Gasteiger partial charge in [-0.1, -0.05) is 0 Å². The quantitative estimate of drug-likeness (QED) is 0.574. The Morgan fingerprint density at radius 1 is 1.33 bits per heavy atom. The van der Waals surface area contributed by atoms with Crippen LogP contribution in [-0.4, -0.2) is 55.8 Å². The number of aliphatic hydroxyl groups is 1. The predicted octanol–water partition coefficient (Wildman–Crippen LogP) is 0.451. The van der Waals surface area contributed by atoms with E-state index in [9.17, 15) is 5.11 Å². The van der Waals surface area contributed by atoms with Gasteiger partial charge in [0.1, 0.15) is 40.6 Å². The van der Waals surface area contributed by atoms with Crippen molar-refractivity contribution in [1.82, 2.24) is 19.5 Å². The third-order valence-electron chi connectivity index (χ3n) is 3.81. The molecule has 8 nitrogen and oxygen atoms in total. The molecule has 2 fully saturated rings. The number of rotatable bonds is 2. The highest BCUT2D eigenvalue weighted by Gasteiger charge is 2.52. The third kappa shape index (κ3) is 2.06. The number of halogens is 1. The van der Waals surface area contributed by atoms with E-state index in [0.717, 1.165) is 9.22 Å². The molecular weight excluding hydrogens is 391 g/mol. The molecule has 2 aromatic rings. The van der Waals surface area contributed by atoms with Crippen molar-refractivity contribution in [1.29, 1.82) is 0 Å². The normalized spacial score (nSPS) is 33.5. The molecule has 9 heteroatoms. The van der Waals surface area contributed by atoms with Crippen LogP contribution in [0, 0.1) is 3.70 Å². The molecule has 0 spiro atoms. The predicted molar refractivity (Wildman–Crippen MR) is 78.2 cm³/mol. The Morgan fingerprint density at radius 3 is 2.95 bits per heavy atom. The first-order chi connectivity index (χ1) is 10.2. The average molecular weight is 404 g/mol. The molecule has 0 saturated carbocycles. The smallest absolute Gasteiger partial charge is 0.166 e. The highest BCUT2D eigenvalue weighted by molar-refractivity contribution is 14.1. The molecule has 1 N–H and O–H groups in total. The van der Waals surface area contributed by atoms with Crippen LogP contribution in [0.2, 0.25) is 0 Å². The van der Waals surface area contributed by atoms with Crippen LogP contribution in [0.3, 0.4) is 0 Å². The van der Waals surface area contributed by atoms with E-state index in [2.05, 4.69) is 37.5 Å². The summed E-state index contributed by atoms with van der Waals surface area (Å²) in [6.45, 7) is 1.89. The van der Waals surface area contributed by atoms with E-state index in [1.165, 1.54) is 6.33 Å². The molecule has 0 amide bonds. The summed E-state index contributed by atoms with van der Waals surface area (Å²) < 4.78 is 19.7. The minimum atomic E-state index is -0.645. The van der Waals surface area contributed by atoms with E-state index in [-0.39, 0.29) is 19.0 Å². The summed E-state index contributed by atoms with van der Waals surface area (Å²) in [7, 11) is 0. The first-order valence-corrected chi connectivity index (χ1v) is 7.64. The second kappa shape index (κ2) is 5.09. The molecule has 2 aliphatic heterocycles. The Labute approximate surface area is 133 Å². The zero-order valence-corrected chi connectivity index (χ0v) is 13.2. The number of fused-ring (bicyclic) bond motifs is 2. The topological polar surface area (TPSA) is 91.5 Å². The van der Waals surface area contributed by atoms with Crippen molar-refractivity contribution >= 4 is 33.8 Å². The SMILES string of the molecule is C[C@@H](O)[C@H]1O[C@@H](n2cnc3c(I)ncnc32)[C@@H]2OCO[C@@H]21. The van der Waals surface area contributed by atoms with E-state index >= 15 is 0 Å². The van der Waals surface area contributed by atoms with E-state index in [1.54, 1.807) is 13.3 Å². The number of aliphatic hydroxyl groups excluding tert-OH is 1. The molecule has 2 aliphatic rings. The summed E-state index contributed by atoms with van der Waals surface area (Å²) in [5.74, 6) is 0. The molecular formula is C12H13IN4O4. The van der Waals surface area contributed by atoms with Gasteiger partial charge in [0.05, 0.1) is 12.4 Å². The largest absolute Gasteiger partial charge is 0.391 e. The molecule has 0 bridgehead atoms. The van der Waals surface area contributed by atoms with Crippen molar-refractivity contribution < 1.29 is 19.3 Å². The number of hydrogen-bond acceptors (Lipinski definition) is 7. The second-order valence-corrected chi connectivity index (χ2v) is 6.12. The summed E-state index contributed by atoms with van der Waals surface area (Å²) in [5, 5.41) is 9.86. The van der Waals surface area contributed by atoms with Crippen molar-refractivity contribution in [2.45, 2.75) is 37.6 Å². The Kier molecular flexibility index (Phi) is 3.34. The van der Waals surface area contributed by atoms with Crippen molar-refractivity contribution in [2.75, 3.05) is 6.79 Å². The number of imidazole rings is 1. The molecule has 2 aromatic heterocycles. The van der Waals surface area contributed by atoms with Crippen molar-refractivity contribution in [2.24, 2.45) is 0 Å². The highest BCUT2D eigenvalue weighted by atomic mass is 127. The molecule has 112 valence electrons. The molecule has 0 radical (unpaired) electrons. The molecule has 0 aromatic carbocycles. The van der Waals surface area contributed by atoms with Gasteiger partial charge in [-0.2, -0.15) is 0 Å². The van der Waals surface area contributed by atoms with Gasteiger partial charge in [0.25, 0.3) is 0 Å². The second-order valence-electron chi connectivity index (χ2n) is 5.10. The van der Waals surface area contributed by atoms with E-state index in [0.29, 0.717) is 5.65 Å². The first kappa shape index (κ1) is 13.8. The van der Waals surface area contributed by atoms with Crippen LogP contribution >= 0.6 is 22.6 Å². The minimum Gasteiger partial charge on any atom is -0.391 e. The van der Waals surface area contributed by atoms with Gasteiger partial charge >= 0.3 is 0 Å². The molecule has 5 atom stereocenters. The first-order valence-electron chi connectivity index (χ1n) is 6.56. The standard InChI is InChI=1S/C12H13IN4O4/c1-5(18)7-8-9(20-4-19-8)12(21-7)17-3-16-6-10(13)14-2-15-11(6)17/h2-3,5,7-9,12,18H,4H2,1H3/t5-,7-,8-,9-,12-/m1/s1. The van der Waals surface area contributed by atoms with Gasteiger partial charge in [-0.25, -0.2) is 15.0 Å². The summed E-state index contributed by atoms with van der Waals surface area (Å²) in [5.41, 5.74) is 1.40. The maximum atomic E-state index is 9.86. The van der Waals surface area contributed by atoms with Crippen LogP contribution in [0.4, 0.5) is 0 Å². The lowest BCUT2D eigenvalue weighted by molar-refractivity contribution is -0.124. The Morgan fingerprint density at radius 2 is 2.14 bits per heavy atom. The van der Waals surface area contributed by atoms with Crippen molar-refractivity contribution in [3.63, 3.8) is 0 Å². The molecule has 0 aliphatic carbocycles. The summed E-state index contributed by atoms with van der Waals surface area (Å²) in [6, 6.07) is 0. The van der Waals surface area contributed by atoms with Crippen LogP contribution < -0.4 is 0 Å². The minimum absolute atomic E-state index is 0.206. The van der Waals surface area contributed by atoms with Gasteiger partial charge in [-0.15, -0.1) is 0 Å². The van der Waals surface area contributed by atoms with Crippen molar-refractivity contribution in [3.05, 3.63) is 16.4 Å². The summed E-state index contributed by atoms with van der Waals surface area (Å²) >= 11 is 2.12. The monoisotopic (exact) mass is 404 g/mol. The van der Waals surface area contributed by atoms with E-state index in [1.807, 2.05) is 4.57 Å². The molecule has 0 unspecified atom stereocenters. The van der Waals surface area contributed by atoms with Crippen LogP contribution in [0.15, 0.2) is 12.7 Å². The maximum absolute atomic E-state index is 9.86. The lowest BCUT2D eigenvalue weighted by atomic mass is 10.1. The van der Waals surface area contributed by atoms with Gasteiger partial charge in [0.2, 0.25) is 0 Å². The van der Waals surface area contributed by atoms with Crippen LogP contribution in [-0.2, 0) is 14.2 Å². The maximum Gasteiger partial charge on any atom is 0.166 e. The molecule has 2 saturated heterocycles. The zero-order valence-electron chi connectivity index (χ0n) is 11.1. The van der Waals surface area contributed by atoms with E-state index in [4.69, 9.17) is 14.2 Å². The Balaban J connectivity index is 1.77. The fraction of sp³-hybridized carbons (Fsp3) is 0.583. The third-order valence-corrected chi connectivity index (χ3v) is 4.60. The Hall–Kier alpha value is -0.880. The van der Waals surface area contributed by atoms with Gasteiger partial charge in [0, 0.05) is 0 Å². The zero-order chi connectivity index (χ0) is 14.6. The summed E-state index contributed by atoms with van der Waals surface area (Å²) in [4.78, 5) is 12.7.